The van der Waals surface area contributed by atoms with E-state index in [4.69, 9.17) is 11.6 Å². The molecular weight excluding hydrogens is 294 g/mol. The SMILES string of the molecule is CC(CCl)CCCNCc1sccc1Br. The molecule has 0 spiro atoms. The van der Waals surface area contributed by atoms with Gasteiger partial charge in [-0.15, -0.1) is 22.9 Å². The van der Waals surface area contributed by atoms with Crippen molar-refractivity contribution >= 4 is 38.9 Å². The van der Waals surface area contributed by atoms with E-state index in [-0.39, 0.29) is 0 Å². The summed E-state index contributed by atoms with van der Waals surface area (Å²) < 4.78 is 1.22. The third kappa shape index (κ3) is 5.34. The predicted octanol–water partition coefficient (Wildman–Crippen LogP) is 4.26. The monoisotopic (exact) mass is 309 g/mol. The molecule has 1 aromatic heterocycles. The van der Waals surface area contributed by atoms with Crippen molar-refractivity contribution in [1.29, 1.82) is 0 Å². The van der Waals surface area contributed by atoms with Gasteiger partial charge >= 0.3 is 0 Å². The lowest BCUT2D eigenvalue weighted by Gasteiger charge is -2.07. The zero-order valence-corrected chi connectivity index (χ0v) is 12.1. The van der Waals surface area contributed by atoms with E-state index in [1.165, 1.54) is 22.2 Å². The summed E-state index contributed by atoms with van der Waals surface area (Å²) in [6.45, 7) is 4.24. The quantitative estimate of drug-likeness (QED) is 0.586. The Morgan fingerprint density at radius 2 is 2.40 bits per heavy atom. The second-order valence-electron chi connectivity index (χ2n) is 3.77. The minimum absolute atomic E-state index is 0.641. The van der Waals surface area contributed by atoms with Gasteiger partial charge in [0.05, 0.1) is 0 Å². The highest BCUT2D eigenvalue weighted by atomic mass is 79.9. The minimum atomic E-state index is 0.641. The van der Waals surface area contributed by atoms with Crippen LogP contribution in [0.1, 0.15) is 24.6 Å². The number of thiophene rings is 1. The minimum Gasteiger partial charge on any atom is -0.312 e. The van der Waals surface area contributed by atoms with E-state index in [0.717, 1.165) is 19.0 Å². The molecule has 0 bridgehead atoms. The number of nitrogens with one attached hydrogen (secondary N) is 1. The Kier molecular flexibility index (Phi) is 6.89. The van der Waals surface area contributed by atoms with E-state index in [1.54, 1.807) is 11.3 Å². The fraction of sp³-hybridized carbons (Fsp3) is 0.636. The van der Waals surface area contributed by atoms with Crippen molar-refractivity contribution in [3.8, 4) is 0 Å². The van der Waals surface area contributed by atoms with Gasteiger partial charge in [0, 0.05) is 21.8 Å². The van der Waals surface area contributed by atoms with Gasteiger partial charge in [-0.25, -0.2) is 0 Å². The summed E-state index contributed by atoms with van der Waals surface area (Å²) in [7, 11) is 0. The lowest BCUT2D eigenvalue weighted by atomic mass is 10.1. The van der Waals surface area contributed by atoms with Crippen molar-refractivity contribution in [2.24, 2.45) is 5.92 Å². The van der Waals surface area contributed by atoms with Gasteiger partial charge in [-0.1, -0.05) is 6.92 Å². The van der Waals surface area contributed by atoms with Gasteiger partial charge < -0.3 is 5.32 Å². The van der Waals surface area contributed by atoms with Crippen LogP contribution in [-0.2, 0) is 6.54 Å². The molecule has 0 radical (unpaired) electrons. The average Bonchev–Trinajstić information content (AvgIpc) is 2.63. The molecule has 1 unspecified atom stereocenters. The molecule has 1 rings (SSSR count). The summed E-state index contributed by atoms with van der Waals surface area (Å²) in [5.41, 5.74) is 0. The highest BCUT2D eigenvalue weighted by Crippen LogP contribution is 2.22. The predicted molar refractivity (Wildman–Crippen MR) is 72.8 cm³/mol. The number of alkyl halides is 1. The molecule has 86 valence electrons. The highest BCUT2D eigenvalue weighted by Gasteiger charge is 2.01. The van der Waals surface area contributed by atoms with Gasteiger partial charge in [0.15, 0.2) is 0 Å². The molecule has 1 atom stereocenters. The maximum absolute atomic E-state index is 5.74. The summed E-state index contributed by atoms with van der Waals surface area (Å²) in [5.74, 6) is 1.41. The smallest absolute Gasteiger partial charge is 0.0327 e. The Bertz CT molecular complexity index is 277. The molecule has 15 heavy (non-hydrogen) atoms. The van der Waals surface area contributed by atoms with Crippen LogP contribution in [0.4, 0.5) is 0 Å². The zero-order valence-electron chi connectivity index (χ0n) is 8.93. The van der Waals surface area contributed by atoms with Crippen molar-refractivity contribution < 1.29 is 0 Å². The van der Waals surface area contributed by atoms with Gasteiger partial charge in [0.25, 0.3) is 0 Å². The van der Waals surface area contributed by atoms with E-state index in [9.17, 15) is 0 Å². The molecule has 0 aliphatic rings. The lowest BCUT2D eigenvalue weighted by Crippen LogP contribution is -2.15. The van der Waals surface area contributed by atoms with Crippen LogP contribution >= 0.6 is 38.9 Å². The fourth-order valence-electron chi connectivity index (χ4n) is 1.31. The Hall–Kier alpha value is 0.430. The van der Waals surface area contributed by atoms with Crippen molar-refractivity contribution in [3.05, 3.63) is 20.8 Å². The van der Waals surface area contributed by atoms with Gasteiger partial charge in [-0.2, -0.15) is 0 Å². The Morgan fingerprint density at radius 1 is 1.60 bits per heavy atom. The average molecular weight is 311 g/mol. The molecule has 1 nitrogen and oxygen atoms in total. The number of hydrogen-bond acceptors (Lipinski definition) is 2. The second-order valence-corrected chi connectivity index (χ2v) is 5.93. The first kappa shape index (κ1) is 13.5. The normalized spacial score (nSPS) is 13.0. The van der Waals surface area contributed by atoms with Crippen molar-refractivity contribution in [1.82, 2.24) is 5.32 Å². The van der Waals surface area contributed by atoms with Crippen LogP contribution in [0.3, 0.4) is 0 Å². The molecule has 0 saturated carbocycles. The van der Waals surface area contributed by atoms with E-state index >= 15 is 0 Å². The van der Waals surface area contributed by atoms with Crippen LogP contribution in [0, 0.1) is 5.92 Å². The summed E-state index contributed by atoms with van der Waals surface area (Å²) in [6, 6.07) is 2.09. The third-order valence-electron chi connectivity index (χ3n) is 2.29. The summed E-state index contributed by atoms with van der Waals surface area (Å²) >= 11 is 11.1. The Balaban J connectivity index is 2.05. The van der Waals surface area contributed by atoms with Gasteiger partial charge in [0.1, 0.15) is 0 Å². The molecule has 4 heteroatoms. The van der Waals surface area contributed by atoms with E-state index in [2.05, 4.69) is 39.6 Å². The standard InChI is InChI=1S/C11H17BrClNS/c1-9(7-13)3-2-5-14-8-11-10(12)4-6-15-11/h4,6,9,14H,2-3,5,7-8H2,1H3. The van der Waals surface area contributed by atoms with E-state index < -0.39 is 0 Å². The third-order valence-corrected chi connectivity index (χ3v) is 4.74. The summed E-state index contributed by atoms with van der Waals surface area (Å²) in [6.07, 6.45) is 2.42. The first-order chi connectivity index (χ1) is 7.24. The molecule has 0 aliphatic heterocycles. The van der Waals surface area contributed by atoms with E-state index in [0.29, 0.717) is 5.92 Å². The first-order valence-corrected chi connectivity index (χ1v) is 7.43. The van der Waals surface area contributed by atoms with E-state index in [1.807, 2.05) is 0 Å². The van der Waals surface area contributed by atoms with Crippen LogP contribution in [-0.4, -0.2) is 12.4 Å². The molecular formula is C11H17BrClNS. The molecule has 0 aromatic carbocycles. The number of rotatable bonds is 7. The zero-order chi connectivity index (χ0) is 11.1. The summed E-state index contributed by atoms with van der Waals surface area (Å²) in [4.78, 5) is 1.38. The Labute approximate surface area is 109 Å². The lowest BCUT2D eigenvalue weighted by molar-refractivity contribution is 0.532. The summed E-state index contributed by atoms with van der Waals surface area (Å²) in [5, 5.41) is 5.55. The molecule has 0 amide bonds. The molecule has 0 fully saturated rings. The van der Waals surface area contributed by atoms with Crippen LogP contribution in [0.5, 0.6) is 0 Å². The van der Waals surface area contributed by atoms with Crippen LogP contribution < -0.4 is 5.32 Å². The van der Waals surface area contributed by atoms with Crippen LogP contribution in [0.25, 0.3) is 0 Å². The maximum Gasteiger partial charge on any atom is 0.0327 e. The molecule has 0 saturated heterocycles. The topological polar surface area (TPSA) is 12.0 Å². The van der Waals surface area contributed by atoms with Crippen molar-refractivity contribution in [2.45, 2.75) is 26.3 Å². The van der Waals surface area contributed by atoms with Crippen molar-refractivity contribution in [3.63, 3.8) is 0 Å². The molecule has 1 N–H and O–H groups in total. The number of hydrogen-bond donors (Lipinski definition) is 1. The van der Waals surface area contributed by atoms with Crippen LogP contribution in [0.15, 0.2) is 15.9 Å². The largest absolute Gasteiger partial charge is 0.312 e. The Morgan fingerprint density at radius 3 is 3.00 bits per heavy atom. The molecule has 1 heterocycles. The molecule has 1 aromatic rings. The van der Waals surface area contributed by atoms with Crippen LogP contribution in [0.2, 0.25) is 0 Å². The van der Waals surface area contributed by atoms with Crippen molar-refractivity contribution in [2.75, 3.05) is 12.4 Å². The molecule has 0 aliphatic carbocycles. The first-order valence-electron chi connectivity index (χ1n) is 5.22. The highest BCUT2D eigenvalue weighted by molar-refractivity contribution is 9.10. The second kappa shape index (κ2) is 7.66. The maximum atomic E-state index is 5.74. The fourth-order valence-corrected chi connectivity index (χ4v) is 2.92. The van der Waals surface area contributed by atoms with Gasteiger partial charge in [0.2, 0.25) is 0 Å². The van der Waals surface area contributed by atoms with Gasteiger partial charge in [-0.05, 0) is 52.7 Å². The van der Waals surface area contributed by atoms with Gasteiger partial charge in [-0.3, -0.25) is 0 Å². The number of halogens is 2.